The number of carboxylic acids is 1. The average Bonchev–Trinajstić information content (AvgIpc) is 2.42. The first-order valence-electron chi connectivity index (χ1n) is 6.60. The minimum atomic E-state index is -0.918. The molecule has 0 spiro atoms. The van der Waals surface area contributed by atoms with Crippen molar-refractivity contribution in [1.82, 2.24) is 4.90 Å². The van der Waals surface area contributed by atoms with Crippen molar-refractivity contribution in [1.29, 1.82) is 0 Å². The molecule has 1 aromatic rings. The van der Waals surface area contributed by atoms with Crippen molar-refractivity contribution in [3.8, 4) is 5.75 Å². The van der Waals surface area contributed by atoms with Crippen LogP contribution in [0.25, 0.3) is 0 Å². The molecule has 5 heteroatoms. The van der Waals surface area contributed by atoms with Crippen LogP contribution in [-0.2, 0) is 4.79 Å². The lowest BCUT2D eigenvalue weighted by Gasteiger charge is -2.16. The second-order valence-corrected chi connectivity index (χ2v) is 5.10. The fourth-order valence-electron chi connectivity index (χ4n) is 1.57. The maximum absolute atomic E-state index is 12.1. The van der Waals surface area contributed by atoms with Gasteiger partial charge in [0.2, 0.25) is 0 Å². The number of nitrogens with zero attached hydrogens (tertiary/aromatic N) is 1. The number of rotatable bonds is 7. The molecule has 1 N–H and O–H groups in total. The van der Waals surface area contributed by atoms with Gasteiger partial charge in [-0.05, 0) is 24.1 Å². The molecule has 0 aliphatic rings. The quantitative estimate of drug-likeness (QED) is 0.831. The summed E-state index contributed by atoms with van der Waals surface area (Å²) in [6, 6.07) is 6.94. The normalized spacial score (nSPS) is 10.4. The number of hydrogen-bond acceptors (Lipinski definition) is 3. The van der Waals surface area contributed by atoms with Gasteiger partial charge in [-0.15, -0.1) is 0 Å². The van der Waals surface area contributed by atoms with E-state index in [-0.39, 0.29) is 18.9 Å². The molecule has 0 bridgehead atoms. The molecule has 5 nitrogen and oxygen atoms in total. The summed E-state index contributed by atoms with van der Waals surface area (Å²) in [5.41, 5.74) is 0.499. The summed E-state index contributed by atoms with van der Waals surface area (Å²) in [6.45, 7) is 4.88. The van der Waals surface area contributed by atoms with E-state index in [4.69, 9.17) is 9.84 Å². The Labute approximate surface area is 119 Å². The third-order valence-corrected chi connectivity index (χ3v) is 2.67. The Morgan fingerprint density at radius 3 is 2.65 bits per heavy atom. The Balaban J connectivity index is 2.67. The molecule has 0 radical (unpaired) electrons. The van der Waals surface area contributed by atoms with Gasteiger partial charge in [-0.1, -0.05) is 19.9 Å². The number of aliphatic carboxylic acids is 1. The van der Waals surface area contributed by atoms with Crippen molar-refractivity contribution in [3.63, 3.8) is 0 Å². The first kappa shape index (κ1) is 16.0. The summed E-state index contributed by atoms with van der Waals surface area (Å²) in [7, 11) is 1.59. The van der Waals surface area contributed by atoms with Gasteiger partial charge >= 0.3 is 5.97 Å². The van der Waals surface area contributed by atoms with Crippen LogP contribution in [0.1, 0.15) is 30.6 Å². The molecule has 0 fully saturated rings. The molecule has 20 heavy (non-hydrogen) atoms. The lowest BCUT2D eigenvalue weighted by atomic mass is 10.2. The molecule has 110 valence electrons. The topological polar surface area (TPSA) is 66.8 Å². The van der Waals surface area contributed by atoms with Crippen LogP contribution in [0.15, 0.2) is 24.3 Å². The molecular formula is C15H21NO4. The Morgan fingerprint density at radius 2 is 2.05 bits per heavy atom. The van der Waals surface area contributed by atoms with Gasteiger partial charge in [-0.25, -0.2) is 0 Å². The minimum absolute atomic E-state index is 0.0637. The maximum atomic E-state index is 12.1. The highest BCUT2D eigenvalue weighted by Crippen LogP contribution is 2.15. The van der Waals surface area contributed by atoms with E-state index in [9.17, 15) is 9.59 Å². The van der Waals surface area contributed by atoms with Crippen LogP contribution in [0.2, 0.25) is 0 Å². The van der Waals surface area contributed by atoms with Crippen molar-refractivity contribution in [2.75, 3.05) is 20.2 Å². The van der Waals surface area contributed by atoms with E-state index < -0.39 is 5.97 Å². The largest absolute Gasteiger partial charge is 0.493 e. The van der Waals surface area contributed by atoms with Gasteiger partial charge in [0.25, 0.3) is 5.91 Å². The predicted molar refractivity (Wildman–Crippen MR) is 76.0 cm³/mol. The highest BCUT2D eigenvalue weighted by molar-refractivity contribution is 5.94. The maximum Gasteiger partial charge on any atom is 0.305 e. The SMILES string of the molecule is CC(C)COc1cccc(C(=O)N(C)CCC(=O)O)c1. The zero-order valence-corrected chi connectivity index (χ0v) is 12.1. The van der Waals surface area contributed by atoms with Gasteiger partial charge < -0.3 is 14.7 Å². The van der Waals surface area contributed by atoms with Crippen molar-refractivity contribution < 1.29 is 19.4 Å². The van der Waals surface area contributed by atoms with E-state index in [0.717, 1.165) is 0 Å². The summed E-state index contributed by atoms with van der Waals surface area (Å²) >= 11 is 0. The van der Waals surface area contributed by atoms with Gasteiger partial charge in [0.05, 0.1) is 13.0 Å². The van der Waals surface area contributed by atoms with Crippen LogP contribution in [0.5, 0.6) is 5.75 Å². The second-order valence-electron chi connectivity index (χ2n) is 5.10. The predicted octanol–water partition coefficient (Wildman–Crippen LogP) is 2.27. The van der Waals surface area contributed by atoms with E-state index in [1.807, 2.05) is 0 Å². The zero-order chi connectivity index (χ0) is 15.1. The molecule has 1 aromatic carbocycles. The van der Waals surface area contributed by atoms with Crippen molar-refractivity contribution in [3.05, 3.63) is 29.8 Å². The number of carboxylic acid groups (broad SMARTS) is 1. The summed E-state index contributed by atoms with van der Waals surface area (Å²) in [5.74, 6) is -0.0660. The molecule has 0 aromatic heterocycles. The van der Waals surface area contributed by atoms with Crippen molar-refractivity contribution >= 4 is 11.9 Å². The number of hydrogen-bond donors (Lipinski definition) is 1. The van der Waals surface area contributed by atoms with Crippen LogP contribution in [0.4, 0.5) is 0 Å². The van der Waals surface area contributed by atoms with Gasteiger partial charge in [0.15, 0.2) is 0 Å². The summed E-state index contributed by atoms with van der Waals surface area (Å²) in [5, 5.41) is 8.62. The average molecular weight is 279 g/mol. The number of carbonyl (C=O) groups is 2. The van der Waals surface area contributed by atoms with E-state index >= 15 is 0 Å². The third-order valence-electron chi connectivity index (χ3n) is 2.67. The van der Waals surface area contributed by atoms with Crippen LogP contribution < -0.4 is 4.74 Å². The first-order valence-corrected chi connectivity index (χ1v) is 6.60. The van der Waals surface area contributed by atoms with Gasteiger partial charge in [0, 0.05) is 19.2 Å². The standard InChI is InChI=1S/C15H21NO4/c1-11(2)10-20-13-6-4-5-12(9-13)15(19)16(3)8-7-14(17)18/h4-6,9,11H,7-8,10H2,1-3H3,(H,17,18). The van der Waals surface area contributed by atoms with Gasteiger partial charge in [-0.2, -0.15) is 0 Å². The third kappa shape index (κ3) is 5.30. The molecule has 0 aliphatic carbocycles. The Hall–Kier alpha value is -2.04. The fourth-order valence-corrected chi connectivity index (χ4v) is 1.57. The molecule has 1 amide bonds. The molecule has 0 saturated heterocycles. The first-order chi connectivity index (χ1) is 9.40. The highest BCUT2D eigenvalue weighted by atomic mass is 16.5. The lowest BCUT2D eigenvalue weighted by molar-refractivity contribution is -0.137. The summed E-state index contributed by atoms with van der Waals surface area (Å²) < 4.78 is 5.57. The number of ether oxygens (including phenoxy) is 1. The van der Waals surface area contributed by atoms with Crippen molar-refractivity contribution in [2.45, 2.75) is 20.3 Å². The monoisotopic (exact) mass is 279 g/mol. The summed E-state index contributed by atoms with van der Waals surface area (Å²) in [4.78, 5) is 24.0. The fraction of sp³-hybridized carbons (Fsp3) is 0.467. The number of carbonyl (C=O) groups excluding carboxylic acids is 1. The van der Waals surface area contributed by atoms with E-state index in [2.05, 4.69) is 13.8 Å². The molecule has 1 rings (SSSR count). The molecule has 0 saturated carbocycles. The van der Waals surface area contributed by atoms with Crippen LogP contribution >= 0.6 is 0 Å². The van der Waals surface area contributed by atoms with Gasteiger partial charge in [-0.3, -0.25) is 9.59 Å². The van der Waals surface area contributed by atoms with Crippen LogP contribution in [0.3, 0.4) is 0 Å². The zero-order valence-electron chi connectivity index (χ0n) is 12.1. The summed E-state index contributed by atoms with van der Waals surface area (Å²) in [6.07, 6.45) is -0.0637. The highest BCUT2D eigenvalue weighted by Gasteiger charge is 2.13. The molecule has 0 heterocycles. The Morgan fingerprint density at radius 1 is 1.35 bits per heavy atom. The lowest BCUT2D eigenvalue weighted by Crippen LogP contribution is -2.29. The van der Waals surface area contributed by atoms with Crippen LogP contribution in [-0.4, -0.2) is 42.1 Å². The molecule has 0 unspecified atom stereocenters. The number of benzene rings is 1. The minimum Gasteiger partial charge on any atom is -0.493 e. The smallest absolute Gasteiger partial charge is 0.305 e. The molecule has 0 aliphatic heterocycles. The Bertz CT molecular complexity index is 471. The van der Waals surface area contributed by atoms with Gasteiger partial charge in [0.1, 0.15) is 5.75 Å². The second kappa shape index (κ2) is 7.53. The van der Waals surface area contributed by atoms with E-state index in [1.165, 1.54) is 4.90 Å². The van der Waals surface area contributed by atoms with E-state index in [1.54, 1.807) is 31.3 Å². The van der Waals surface area contributed by atoms with Crippen LogP contribution in [0, 0.1) is 5.92 Å². The Kier molecular flexibility index (Phi) is 6.03. The number of amides is 1. The van der Waals surface area contributed by atoms with E-state index in [0.29, 0.717) is 23.8 Å². The van der Waals surface area contributed by atoms with Crippen molar-refractivity contribution in [2.24, 2.45) is 5.92 Å². The molecule has 0 atom stereocenters. The molecular weight excluding hydrogens is 258 g/mol.